The number of rotatable bonds is 4. The van der Waals surface area contributed by atoms with Crippen LogP contribution in [0.15, 0.2) is 18.3 Å². The van der Waals surface area contributed by atoms with Crippen molar-refractivity contribution in [1.82, 2.24) is 15.0 Å². The third kappa shape index (κ3) is 3.58. The Labute approximate surface area is 128 Å². The van der Waals surface area contributed by atoms with Crippen molar-refractivity contribution in [1.29, 1.82) is 0 Å². The molecule has 1 N–H and O–H groups in total. The van der Waals surface area contributed by atoms with Gasteiger partial charge in [-0.1, -0.05) is 37.0 Å². The highest BCUT2D eigenvalue weighted by molar-refractivity contribution is 6.35. The van der Waals surface area contributed by atoms with Crippen LogP contribution < -0.4 is 5.32 Å². The van der Waals surface area contributed by atoms with Gasteiger partial charge in [0.1, 0.15) is 11.5 Å². The van der Waals surface area contributed by atoms with Gasteiger partial charge in [0, 0.05) is 25.0 Å². The lowest BCUT2D eigenvalue weighted by molar-refractivity contribution is 0.635. The van der Waals surface area contributed by atoms with Gasteiger partial charge in [-0.3, -0.25) is 0 Å². The number of hydrogen-bond acceptors (Lipinski definition) is 4. The summed E-state index contributed by atoms with van der Waals surface area (Å²) in [5.41, 5.74) is 1.50. The minimum Gasteiger partial charge on any atom is -0.373 e. The van der Waals surface area contributed by atoms with Crippen LogP contribution in [0.5, 0.6) is 0 Å². The first kappa shape index (κ1) is 15.0. The van der Waals surface area contributed by atoms with Gasteiger partial charge in [0.25, 0.3) is 0 Å². The van der Waals surface area contributed by atoms with Crippen LogP contribution in [0.4, 0.5) is 5.82 Å². The number of halogens is 2. The van der Waals surface area contributed by atoms with Crippen LogP contribution >= 0.6 is 23.2 Å². The van der Waals surface area contributed by atoms with Gasteiger partial charge < -0.3 is 5.32 Å². The summed E-state index contributed by atoms with van der Waals surface area (Å²) in [6.45, 7) is 4.29. The number of hydrogen-bond donors (Lipinski definition) is 1. The Kier molecular flexibility index (Phi) is 4.78. The quantitative estimate of drug-likeness (QED) is 0.924. The molecule has 2 heterocycles. The number of nitrogens with zero attached hydrogens (tertiary/aromatic N) is 3. The SMILES string of the molecule is CNc1cc(CC(C)C)nc(-c2ncc(Cl)cc2Cl)n1. The van der Waals surface area contributed by atoms with Crippen LogP contribution in [0.2, 0.25) is 10.0 Å². The normalized spacial score (nSPS) is 10.9. The molecule has 0 aliphatic carbocycles. The Morgan fingerprint density at radius 2 is 1.95 bits per heavy atom. The van der Waals surface area contributed by atoms with E-state index in [0.29, 0.717) is 27.5 Å². The van der Waals surface area contributed by atoms with Crippen molar-refractivity contribution >= 4 is 29.0 Å². The van der Waals surface area contributed by atoms with Crippen molar-refractivity contribution in [3.05, 3.63) is 34.1 Å². The highest BCUT2D eigenvalue weighted by Crippen LogP contribution is 2.26. The van der Waals surface area contributed by atoms with Gasteiger partial charge in [-0.15, -0.1) is 0 Å². The largest absolute Gasteiger partial charge is 0.373 e. The summed E-state index contributed by atoms with van der Waals surface area (Å²) in [6, 6.07) is 3.58. The molecule has 0 atom stereocenters. The second-order valence-corrected chi connectivity index (χ2v) is 5.74. The molecule has 2 rings (SSSR count). The van der Waals surface area contributed by atoms with E-state index in [1.807, 2.05) is 13.1 Å². The third-order valence-electron chi connectivity index (χ3n) is 2.67. The van der Waals surface area contributed by atoms with Crippen LogP contribution in [0.1, 0.15) is 19.5 Å². The number of anilines is 1. The Balaban J connectivity index is 2.49. The summed E-state index contributed by atoms with van der Waals surface area (Å²) in [5, 5.41) is 3.97. The first-order valence-corrected chi connectivity index (χ1v) is 7.12. The zero-order valence-electron chi connectivity index (χ0n) is 11.6. The standard InChI is InChI=1S/C14H16Cl2N4/c1-8(2)4-10-6-12(17-3)20-14(19-10)13-11(16)5-9(15)7-18-13/h5-8H,4H2,1-3H3,(H,17,19,20). The number of pyridine rings is 1. The molecule has 0 aliphatic rings. The summed E-state index contributed by atoms with van der Waals surface area (Å²) in [6.07, 6.45) is 2.41. The fraction of sp³-hybridized carbons (Fsp3) is 0.357. The van der Waals surface area contributed by atoms with E-state index in [0.717, 1.165) is 17.9 Å². The molecule has 0 saturated carbocycles. The summed E-state index contributed by atoms with van der Waals surface area (Å²) in [4.78, 5) is 13.2. The first-order chi connectivity index (χ1) is 9.49. The molecule has 6 heteroatoms. The van der Waals surface area contributed by atoms with Crippen LogP contribution in [-0.2, 0) is 6.42 Å². The van der Waals surface area contributed by atoms with E-state index in [1.54, 1.807) is 12.3 Å². The average molecular weight is 311 g/mol. The predicted molar refractivity (Wildman–Crippen MR) is 83.4 cm³/mol. The summed E-state index contributed by atoms with van der Waals surface area (Å²) >= 11 is 12.0. The molecule has 0 amide bonds. The molecule has 0 bridgehead atoms. The molecule has 0 fully saturated rings. The van der Waals surface area contributed by atoms with Crippen molar-refractivity contribution in [2.75, 3.05) is 12.4 Å². The molecule has 20 heavy (non-hydrogen) atoms. The Morgan fingerprint density at radius 1 is 1.20 bits per heavy atom. The predicted octanol–water partition coefficient (Wildman–Crippen LogP) is 4.09. The first-order valence-electron chi connectivity index (χ1n) is 6.36. The summed E-state index contributed by atoms with van der Waals surface area (Å²) < 4.78 is 0. The molecule has 0 saturated heterocycles. The van der Waals surface area contributed by atoms with Crippen LogP contribution in [0.25, 0.3) is 11.5 Å². The van der Waals surface area contributed by atoms with Crippen molar-refractivity contribution in [3.63, 3.8) is 0 Å². The van der Waals surface area contributed by atoms with Gasteiger partial charge >= 0.3 is 0 Å². The van der Waals surface area contributed by atoms with Gasteiger partial charge in [0.05, 0.1) is 10.0 Å². The molecule has 2 aromatic heterocycles. The molecule has 4 nitrogen and oxygen atoms in total. The fourth-order valence-electron chi connectivity index (χ4n) is 1.83. The average Bonchev–Trinajstić information content (AvgIpc) is 2.37. The van der Waals surface area contributed by atoms with E-state index in [2.05, 4.69) is 34.1 Å². The van der Waals surface area contributed by atoms with Gasteiger partial charge in [0.15, 0.2) is 5.82 Å². The molecule has 0 unspecified atom stereocenters. The van der Waals surface area contributed by atoms with Crippen LogP contribution in [0, 0.1) is 5.92 Å². The minimum absolute atomic E-state index is 0.446. The fourth-order valence-corrected chi connectivity index (χ4v) is 2.30. The summed E-state index contributed by atoms with van der Waals surface area (Å²) in [7, 11) is 1.82. The monoisotopic (exact) mass is 310 g/mol. The van der Waals surface area contributed by atoms with Crippen LogP contribution in [0.3, 0.4) is 0 Å². The second kappa shape index (κ2) is 6.37. The van der Waals surface area contributed by atoms with Crippen molar-refractivity contribution in [3.8, 4) is 11.5 Å². The topological polar surface area (TPSA) is 50.7 Å². The van der Waals surface area contributed by atoms with Gasteiger partial charge in [0.2, 0.25) is 0 Å². The molecule has 2 aromatic rings. The minimum atomic E-state index is 0.446. The molecule has 0 spiro atoms. The van der Waals surface area contributed by atoms with E-state index in [9.17, 15) is 0 Å². The summed E-state index contributed by atoms with van der Waals surface area (Å²) in [5.74, 6) is 1.77. The van der Waals surface area contributed by atoms with Crippen LogP contribution in [-0.4, -0.2) is 22.0 Å². The lowest BCUT2D eigenvalue weighted by Gasteiger charge is -2.10. The molecule has 0 aliphatic heterocycles. The van der Waals surface area contributed by atoms with Crippen molar-refractivity contribution < 1.29 is 0 Å². The smallest absolute Gasteiger partial charge is 0.181 e. The Hall–Kier alpha value is -1.39. The van der Waals surface area contributed by atoms with E-state index >= 15 is 0 Å². The highest BCUT2D eigenvalue weighted by Gasteiger charge is 2.12. The lowest BCUT2D eigenvalue weighted by Crippen LogP contribution is -2.04. The molecular weight excluding hydrogens is 295 g/mol. The zero-order valence-corrected chi connectivity index (χ0v) is 13.1. The van der Waals surface area contributed by atoms with Gasteiger partial charge in [-0.25, -0.2) is 15.0 Å². The van der Waals surface area contributed by atoms with E-state index in [1.165, 1.54) is 0 Å². The maximum atomic E-state index is 6.17. The van der Waals surface area contributed by atoms with E-state index in [4.69, 9.17) is 23.2 Å². The molecule has 106 valence electrons. The zero-order chi connectivity index (χ0) is 14.7. The third-order valence-corrected chi connectivity index (χ3v) is 3.17. The highest BCUT2D eigenvalue weighted by atomic mass is 35.5. The van der Waals surface area contributed by atoms with Gasteiger partial charge in [-0.2, -0.15) is 0 Å². The molecule has 0 aromatic carbocycles. The van der Waals surface area contributed by atoms with E-state index in [-0.39, 0.29) is 0 Å². The van der Waals surface area contributed by atoms with E-state index < -0.39 is 0 Å². The Morgan fingerprint density at radius 3 is 2.55 bits per heavy atom. The maximum Gasteiger partial charge on any atom is 0.181 e. The maximum absolute atomic E-state index is 6.17. The van der Waals surface area contributed by atoms with Gasteiger partial charge in [-0.05, 0) is 18.4 Å². The molecular formula is C14H16Cl2N4. The number of nitrogens with one attached hydrogen (secondary N) is 1. The van der Waals surface area contributed by atoms with Crippen molar-refractivity contribution in [2.24, 2.45) is 5.92 Å². The second-order valence-electron chi connectivity index (χ2n) is 4.90. The van der Waals surface area contributed by atoms with Crippen molar-refractivity contribution in [2.45, 2.75) is 20.3 Å². The lowest BCUT2D eigenvalue weighted by atomic mass is 10.1. The Bertz CT molecular complexity index is 614. The number of aromatic nitrogens is 3. The molecule has 0 radical (unpaired) electrons.